The molecule has 0 amide bonds. The molecule has 28 heavy (non-hydrogen) atoms. The molecule has 2 fully saturated rings. The second-order valence-electron chi connectivity index (χ2n) is 8.89. The molecule has 2 heteroatoms. The van der Waals surface area contributed by atoms with Crippen LogP contribution in [0, 0.1) is 23.6 Å². The summed E-state index contributed by atoms with van der Waals surface area (Å²) in [4.78, 5) is 0. The van der Waals surface area contributed by atoms with E-state index < -0.39 is 0 Å². The highest BCUT2D eigenvalue weighted by molar-refractivity contribution is 5.84. The first-order chi connectivity index (χ1) is 13.7. The third kappa shape index (κ3) is 4.11. The fourth-order valence-electron chi connectivity index (χ4n) is 5.53. The van der Waals surface area contributed by atoms with Crippen molar-refractivity contribution in [3.63, 3.8) is 0 Å². The minimum Gasteiger partial charge on any atom is -0.486 e. The largest absolute Gasteiger partial charge is 0.486 e. The van der Waals surface area contributed by atoms with Crippen LogP contribution in [0.4, 0.5) is 4.39 Å². The predicted octanol–water partition coefficient (Wildman–Crippen LogP) is 7.64. The van der Waals surface area contributed by atoms with Gasteiger partial charge in [-0.15, -0.1) is 0 Å². The number of halogens is 1. The molecule has 4 unspecified atom stereocenters. The lowest BCUT2D eigenvalue weighted by atomic mass is 9.63. The minimum absolute atomic E-state index is 0.268. The van der Waals surface area contributed by atoms with Crippen molar-refractivity contribution in [2.24, 2.45) is 17.8 Å². The maximum atomic E-state index is 14.5. The van der Waals surface area contributed by atoms with Crippen LogP contribution in [0.2, 0.25) is 0 Å². The van der Waals surface area contributed by atoms with Crippen molar-refractivity contribution in [2.45, 2.75) is 64.7 Å². The molecule has 0 saturated heterocycles. The van der Waals surface area contributed by atoms with Gasteiger partial charge in [0.05, 0.1) is 0 Å². The van der Waals surface area contributed by atoms with Gasteiger partial charge in [-0.25, -0.2) is 4.39 Å². The lowest BCUT2D eigenvalue weighted by molar-refractivity contribution is 0.116. The molecule has 1 nitrogen and oxygen atoms in total. The molecule has 0 bridgehead atoms. The monoisotopic (exact) mass is 380 g/mol. The number of hydrogen-bond donors (Lipinski definition) is 0. The van der Waals surface area contributed by atoms with Gasteiger partial charge < -0.3 is 4.74 Å². The van der Waals surface area contributed by atoms with Gasteiger partial charge in [-0.3, -0.25) is 0 Å². The quantitative estimate of drug-likeness (QED) is 0.484. The van der Waals surface area contributed by atoms with Crippen LogP contribution < -0.4 is 4.74 Å². The zero-order valence-electron chi connectivity index (χ0n) is 17.3. The molecule has 2 aliphatic carbocycles. The van der Waals surface area contributed by atoms with E-state index in [1.807, 2.05) is 25.1 Å². The Kier molecular flexibility index (Phi) is 6.04. The second-order valence-corrected chi connectivity index (χ2v) is 8.89. The summed E-state index contributed by atoms with van der Waals surface area (Å²) >= 11 is 0. The Morgan fingerprint density at radius 1 is 1.00 bits per heavy atom. The molecule has 2 saturated carbocycles. The van der Waals surface area contributed by atoms with Crippen molar-refractivity contribution in [1.29, 1.82) is 0 Å². The van der Waals surface area contributed by atoms with Gasteiger partial charge in [-0.1, -0.05) is 50.1 Å². The van der Waals surface area contributed by atoms with Crippen molar-refractivity contribution in [3.05, 3.63) is 53.9 Å². The number of ether oxygens (including phenoxy) is 1. The summed E-state index contributed by atoms with van der Waals surface area (Å²) in [6.07, 6.45) is 13.4. The van der Waals surface area contributed by atoms with Crippen LogP contribution in [0.15, 0.2) is 42.5 Å². The van der Waals surface area contributed by atoms with E-state index in [1.54, 1.807) is 6.07 Å². The average Bonchev–Trinajstić information content (AvgIpc) is 2.73. The molecule has 4 rings (SSSR count). The predicted molar refractivity (Wildman–Crippen MR) is 115 cm³/mol. The van der Waals surface area contributed by atoms with Gasteiger partial charge >= 0.3 is 0 Å². The van der Waals surface area contributed by atoms with Crippen molar-refractivity contribution >= 4 is 10.8 Å². The first-order valence-corrected chi connectivity index (χ1v) is 11.1. The number of fused-ring (bicyclic) bond motifs is 2. The Morgan fingerprint density at radius 2 is 1.82 bits per heavy atom. The summed E-state index contributed by atoms with van der Waals surface area (Å²) in [6, 6.07) is 10.1. The number of benzene rings is 2. The van der Waals surface area contributed by atoms with Crippen LogP contribution in [-0.2, 0) is 0 Å². The maximum absolute atomic E-state index is 14.5. The summed E-state index contributed by atoms with van der Waals surface area (Å²) in [6.45, 7) is 4.69. The molecule has 0 N–H and O–H groups in total. The van der Waals surface area contributed by atoms with Crippen molar-refractivity contribution in [1.82, 2.24) is 0 Å². The Labute approximate surface area is 169 Å². The van der Waals surface area contributed by atoms with Gasteiger partial charge in [0.1, 0.15) is 6.61 Å². The third-order valence-corrected chi connectivity index (χ3v) is 7.26. The zero-order valence-corrected chi connectivity index (χ0v) is 17.3. The standard InChI is InChI=1S/C26H33FO/c1-3-5-12-28-26-17-23-11-10-22(15-24(23)16-25(26)27)21-9-8-19-13-18(4-2)6-7-20(19)14-21/h3,5,10-11,15-21H,4,6-9,12-14H2,1-2H3. The smallest absolute Gasteiger partial charge is 0.165 e. The van der Waals surface area contributed by atoms with E-state index in [0.717, 1.165) is 28.5 Å². The highest BCUT2D eigenvalue weighted by atomic mass is 19.1. The van der Waals surface area contributed by atoms with Crippen LogP contribution in [0.3, 0.4) is 0 Å². The van der Waals surface area contributed by atoms with Crippen molar-refractivity contribution in [2.75, 3.05) is 6.61 Å². The van der Waals surface area contributed by atoms with Gasteiger partial charge in [-0.2, -0.15) is 0 Å². The van der Waals surface area contributed by atoms with Gasteiger partial charge in [-0.05, 0) is 91.2 Å². The molecule has 0 spiro atoms. The molecule has 150 valence electrons. The molecule has 0 aromatic heterocycles. The van der Waals surface area contributed by atoms with Crippen LogP contribution in [-0.4, -0.2) is 6.61 Å². The lowest BCUT2D eigenvalue weighted by Gasteiger charge is -2.42. The summed E-state index contributed by atoms with van der Waals surface area (Å²) in [7, 11) is 0. The normalized spacial score (nSPS) is 27.8. The first kappa shape index (κ1) is 19.5. The molecule has 2 aliphatic rings. The topological polar surface area (TPSA) is 9.23 Å². The van der Waals surface area contributed by atoms with E-state index in [0.29, 0.717) is 18.3 Å². The third-order valence-electron chi connectivity index (χ3n) is 7.26. The Hall–Kier alpha value is -1.83. The Balaban J connectivity index is 1.50. The Morgan fingerprint density at radius 3 is 2.64 bits per heavy atom. The summed E-state index contributed by atoms with van der Waals surface area (Å²) in [5.41, 5.74) is 1.39. The average molecular weight is 381 g/mol. The van der Waals surface area contributed by atoms with E-state index in [9.17, 15) is 4.39 Å². The number of hydrogen-bond acceptors (Lipinski definition) is 1. The van der Waals surface area contributed by atoms with Crippen LogP contribution in [0.5, 0.6) is 5.75 Å². The fraction of sp³-hybridized carbons (Fsp3) is 0.538. The Bertz CT molecular complexity index is 840. The van der Waals surface area contributed by atoms with E-state index in [1.165, 1.54) is 50.5 Å². The molecule has 0 heterocycles. The maximum Gasteiger partial charge on any atom is 0.165 e. The summed E-state index contributed by atoms with van der Waals surface area (Å²) in [5.74, 6) is 3.52. The summed E-state index contributed by atoms with van der Waals surface area (Å²) < 4.78 is 20.0. The zero-order chi connectivity index (χ0) is 19.5. The second kappa shape index (κ2) is 8.68. The number of allylic oxidation sites excluding steroid dienone is 1. The fourth-order valence-corrected chi connectivity index (χ4v) is 5.53. The van der Waals surface area contributed by atoms with Gasteiger partial charge in [0.2, 0.25) is 0 Å². The molecule has 0 radical (unpaired) electrons. The van der Waals surface area contributed by atoms with Crippen LogP contribution in [0.25, 0.3) is 10.8 Å². The first-order valence-electron chi connectivity index (χ1n) is 11.1. The van der Waals surface area contributed by atoms with Gasteiger partial charge in [0.15, 0.2) is 11.6 Å². The molecular formula is C26H33FO. The van der Waals surface area contributed by atoms with Crippen LogP contribution in [0.1, 0.15) is 70.3 Å². The highest BCUT2D eigenvalue weighted by Gasteiger charge is 2.35. The van der Waals surface area contributed by atoms with E-state index >= 15 is 0 Å². The summed E-state index contributed by atoms with van der Waals surface area (Å²) in [5, 5.41) is 2.04. The van der Waals surface area contributed by atoms with E-state index in [-0.39, 0.29) is 5.82 Å². The lowest BCUT2D eigenvalue weighted by Crippen LogP contribution is -2.30. The van der Waals surface area contributed by atoms with Gasteiger partial charge in [0, 0.05) is 0 Å². The SMILES string of the molecule is CC=CCOc1cc2ccc(C3CCC4CC(CC)CCC4C3)cc2cc1F. The van der Waals surface area contributed by atoms with E-state index in [2.05, 4.69) is 25.1 Å². The highest BCUT2D eigenvalue weighted by Crippen LogP contribution is 2.48. The van der Waals surface area contributed by atoms with Crippen molar-refractivity contribution in [3.8, 4) is 5.75 Å². The molecular weight excluding hydrogens is 347 g/mol. The molecule has 2 aromatic rings. The van der Waals surface area contributed by atoms with Gasteiger partial charge in [0.25, 0.3) is 0 Å². The number of rotatable bonds is 5. The minimum atomic E-state index is -0.268. The molecule has 2 aromatic carbocycles. The van der Waals surface area contributed by atoms with E-state index in [4.69, 9.17) is 4.74 Å². The van der Waals surface area contributed by atoms with Crippen LogP contribution >= 0.6 is 0 Å². The molecule has 4 atom stereocenters. The van der Waals surface area contributed by atoms with Crippen molar-refractivity contribution < 1.29 is 9.13 Å². The molecule has 0 aliphatic heterocycles.